The molecule has 5 nitrogen and oxygen atoms in total. The molecular weight excluding hydrogens is 294 g/mol. The molecule has 0 amide bonds. The van der Waals surface area contributed by atoms with Gasteiger partial charge in [0.2, 0.25) is 0 Å². The number of imidazole rings is 1. The molecule has 1 saturated heterocycles. The van der Waals surface area contributed by atoms with E-state index >= 15 is 0 Å². The molecule has 1 aliphatic heterocycles. The van der Waals surface area contributed by atoms with Crippen molar-refractivity contribution in [1.29, 1.82) is 0 Å². The topological polar surface area (TPSA) is 45.5 Å². The normalized spacial score (nSPS) is 22.8. The van der Waals surface area contributed by atoms with Crippen molar-refractivity contribution in [2.75, 3.05) is 20.1 Å². The van der Waals surface area contributed by atoms with Gasteiger partial charge in [0, 0.05) is 39.1 Å². The predicted molar refractivity (Wildman–Crippen MR) is 91.1 cm³/mol. The van der Waals surface area contributed by atoms with E-state index in [0.717, 1.165) is 25.6 Å². The smallest absolute Gasteiger partial charge is 0.193 e. The van der Waals surface area contributed by atoms with Crippen molar-refractivity contribution < 1.29 is 0 Å². The largest absolute Gasteiger partial charge is 0.352 e. The van der Waals surface area contributed by atoms with Crippen LogP contribution in [0.2, 0.25) is 0 Å². The predicted octanol–water partition coefficient (Wildman–Crippen LogP) is 2.60. The summed E-state index contributed by atoms with van der Waals surface area (Å²) in [6, 6.07) is 2.60. The summed E-state index contributed by atoms with van der Waals surface area (Å²) in [5.41, 5.74) is 1.31. The summed E-state index contributed by atoms with van der Waals surface area (Å²) in [5.74, 6) is 1.64. The molecule has 6 heteroatoms. The number of nitrogens with one attached hydrogen (secondary N) is 1. The number of hydrogen-bond acceptors (Lipinski definition) is 3. The Morgan fingerprint density at radius 1 is 1.55 bits per heavy atom. The fraction of sp³-hybridized carbons (Fsp3) is 0.500. The lowest BCUT2D eigenvalue weighted by atomic mass is 9.93. The van der Waals surface area contributed by atoms with Crippen molar-refractivity contribution in [3.63, 3.8) is 0 Å². The van der Waals surface area contributed by atoms with Gasteiger partial charge in [-0.3, -0.25) is 4.99 Å². The van der Waals surface area contributed by atoms with Crippen LogP contribution in [0.25, 0.3) is 0 Å². The minimum absolute atomic E-state index is 0.455. The maximum absolute atomic E-state index is 4.46. The summed E-state index contributed by atoms with van der Waals surface area (Å²) < 4.78 is 2.23. The lowest BCUT2D eigenvalue weighted by molar-refractivity contribution is 0.189. The number of aliphatic imine (C=N–C) groups is 1. The highest BCUT2D eigenvalue weighted by molar-refractivity contribution is 7.07. The Balaban J connectivity index is 1.65. The first kappa shape index (κ1) is 15.1. The maximum atomic E-state index is 4.46. The first-order chi connectivity index (χ1) is 10.8. The summed E-state index contributed by atoms with van der Waals surface area (Å²) in [6.07, 6.45) is 7.01. The number of thiophene rings is 1. The van der Waals surface area contributed by atoms with E-state index in [9.17, 15) is 0 Å². The molecule has 0 aromatic carbocycles. The molecule has 0 spiro atoms. The van der Waals surface area contributed by atoms with Gasteiger partial charge in [-0.2, -0.15) is 11.3 Å². The molecule has 2 aromatic rings. The third-order valence-electron chi connectivity index (χ3n) is 4.37. The van der Waals surface area contributed by atoms with E-state index in [1.165, 1.54) is 12.0 Å². The van der Waals surface area contributed by atoms with Crippen molar-refractivity contribution in [3.05, 3.63) is 41.1 Å². The molecule has 118 valence electrons. The van der Waals surface area contributed by atoms with E-state index in [2.05, 4.69) is 54.7 Å². The molecule has 2 unspecified atom stereocenters. The summed E-state index contributed by atoms with van der Waals surface area (Å²) in [7, 11) is 1.86. The Labute approximate surface area is 135 Å². The average Bonchev–Trinajstić information content (AvgIpc) is 3.22. The highest BCUT2D eigenvalue weighted by atomic mass is 32.1. The highest BCUT2D eigenvalue weighted by Gasteiger charge is 2.28. The van der Waals surface area contributed by atoms with E-state index in [0.29, 0.717) is 12.0 Å². The molecular formula is C16H23N5S. The van der Waals surface area contributed by atoms with Crippen LogP contribution < -0.4 is 5.32 Å². The number of rotatable bonds is 3. The standard InChI is InChI=1S/C16H23N5S/c1-13-3-6-20(10-15(13)21-7-5-18-12-21)16(17-2)19-9-14-4-8-22-11-14/h4-5,7-8,11-13,15H,3,6,9-10H2,1-2H3,(H,17,19). The molecule has 0 aliphatic carbocycles. The van der Waals surface area contributed by atoms with Gasteiger partial charge in [0.1, 0.15) is 0 Å². The maximum Gasteiger partial charge on any atom is 0.193 e. The van der Waals surface area contributed by atoms with Crippen molar-refractivity contribution in [2.24, 2.45) is 10.9 Å². The minimum Gasteiger partial charge on any atom is -0.352 e. The molecule has 22 heavy (non-hydrogen) atoms. The zero-order valence-electron chi connectivity index (χ0n) is 13.1. The Kier molecular flexibility index (Phi) is 4.77. The summed E-state index contributed by atoms with van der Waals surface area (Å²) >= 11 is 1.73. The van der Waals surface area contributed by atoms with Gasteiger partial charge in [0.15, 0.2) is 5.96 Å². The second kappa shape index (κ2) is 6.96. The number of piperidine rings is 1. The number of likely N-dealkylation sites (tertiary alicyclic amines) is 1. The van der Waals surface area contributed by atoms with Crippen LogP contribution in [0.5, 0.6) is 0 Å². The molecule has 2 atom stereocenters. The van der Waals surface area contributed by atoms with Gasteiger partial charge in [-0.15, -0.1) is 0 Å². The Morgan fingerprint density at radius 3 is 3.14 bits per heavy atom. The van der Waals surface area contributed by atoms with Gasteiger partial charge in [-0.1, -0.05) is 6.92 Å². The zero-order valence-corrected chi connectivity index (χ0v) is 14.0. The molecule has 0 radical (unpaired) electrons. The Morgan fingerprint density at radius 2 is 2.45 bits per heavy atom. The van der Waals surface area contributed by atoms with E-state index in [1.807, 2.05) is 19.6 Å². The monoisotopic (exact) mass is 317 g/mol. The minimum atomic E-state index is 0.455. The Hall–Kier alpha value is -1.82. The lowest BCUT2D eigenvalue weighted by Gasteiger charge is -2.39. The van der Waals surface area contributed by atoms with Gasteiger partial charge in [0.25, 0.3) is 0 Å². The molecule has 3 rings (SSSR count). The quantitative estimate of drug-likeness (QED) is 0.699. The van der Waals surface area contributed by atoms with Crippen LogP contribution in [-0.2, 0) is 6.54 Å². The third kappa shape index (κ3) is 3.32. The number of nitrogens with zero attached hydrogens (tertiary/aromatic N) is 4. The van der Waals surface area contributed by atoms with Gasteiger partial charge in [-0.25, -0.2) is 4.98 Å². The summed E-state index contributed by atoms with van der Waals surface area (Å²) in [4.78, 5) is 11.0. The second-order valence-corrected chi connectivity index (χ2v) is 6.60. The zero-order chi connectivity index (χ0) is 15.4. The second-order valence-electron chi connectivity index (χ2n) is 5.82. The van der Waals surface area contributed by atoms with Crippen LogP contribution in [0, 0.1) is 5.92 Å². The molecule has 2 aromatic heterocycles. The van der Waals surface area contributed by atoms with Crippen LogP contribution in [0.15, 0.2) is 40.5 Å². The van der Waals surface area contributed by atoms with Crippen molar-refractivity contribution in [3.8, 4) is 0 Å². The van der Waals surface area contributed by atoms with Crippen LogP contribution in [0.4, 0.5) is 0 Å². The van der Waals surface area contributed by atoms with Gasteiger partial charge < -0.3 is 14.8 Å². The van der Waals surface area contributed by atoms with E-state index < -0.39 is 0 Å². The van der Waals surface area contributed by atoms with Gasteiger partial charge >= 0.3 is 0 Å². The summed E-state index contributed by atoms with van der Waals surface area (Å²) in [5, 5.41) is 7.76. The fourth-order valence-corrected chi connectivity index (χ4v) is 3.67. The first-order valence-corrected chi connectivity index (χ1v) is 8.66. The van der Waals surface area contributed by atoms with Crippen LogP contribution in [-0.4, -0.2) is 40.5 Å². The molecule has 0 bridgehead atoms. The first-order valence-electron chi connectivity index (χ1n) is 7.72. The molecule has 0 saturated carbocycles. The number of aromatic nitrogens is 2. The van der Waals surface area contributed by atoms with Gasteiger partial charge in [0.05, 0.1) is 12.4 Å². The molecule has 1 N–H and O–H groups in total. The van der Waals surface area contributed by atoms with Crippen LogP contribution in [0.3, 0.4) is 0 Å². The van der Waals surface area contributed by atoms with E-state index in [-0.39, 0.29) is 0 Å². The van der Waals surface area contributed by atoms with Crippen molar-refractivity contribution in [1.82, 2.24) is 19.8 Å². The summed E-state index contributed by atoms with van der Waals surface area (Å²) in [6.45, 7) is 5.18. The number of hydrogen-bond donors (Lipinski definition) is 1. The number of guanidine groups is 1. The Bertz CT molecular complexity index is 590. The highest BCUT2D eigenvalue weighted by Crippen LogP contribution is 2.27. The van der Waals surface area contributed by atoms with Crippen LogP contribution in [0.1, 0.15) is 24.9 Å². The molecule has 1 aliphatic rings. The van der Waals surface area contributed by atoms with E-state index in [4.69, 9.17) is 0 Å². The fourth-order valence-electron chi connectivity index (χ4n) is 3.00. The van der Waals surface area contributed by atoms with Crippen LogP contribution >= 0.6 is 11.3 Å². The van der Waals surface area contributed by atoms with Crippen molar-refractivity contribution >= 4 is 17.3 Å². The van der Waals surface area contributed by atoms with Crippen molar-refractivity contribution in [2.45, 2.75) is 25.9 Å². The molecule has 1 fully saturated rings. The molecule has 3 heterocycles. The average molecular weight is 317 g/mol. The van der Waals surface area contributed by atoms with E-state index in [1.54, 1.807) is 11.3 Å². The van der Waals surface area contributed by atoms with Gasteiger partial charge in [-0.05, 0) is 34.7 Å². The third-order valence-corrected chi connectivity index (χ3v) is 5.10. The SMILES string of the molecule is CN=C(NCc1ccsc1)N1CCC(C)C(n2ccnc2)C1. The lowest BCUT2D eigenvalue weighted by Crippen LogP contribution is -2.48.